The smallest absolute Gasteiger partial charge is 0.219 e. The van der Waals surface area contributed by atoms with E-state index in [9.17, 15) is 4.79 Å². The fourth-order valence-corrected chi connectivity index (χ4v) is 1.37. The van der Waals surface area contributed by atoms with E-state index in [1.54, 1.807) is 0 Å². The van der Waals surface area contributed by atoms with Crippen molar-refractivity contribution in [1.29, 1.82) is 0 Å². The summed E-state index contributed by atoms with van der Waals surface area (Å²) in [6, 6.07) is 0. The average Bonchev–Trinajstić information content (AvgIpc) is 2.13. The molecule has 0 unspecified atom stereocenters. The number of nitrogens with one attached hydrogen (secondary N) is 1. The second-order valence-electron chi connectivity index (χ2n) is 4.34. The molecule has 0 spiro atoms. The molecule has 0 saturated carbocycles. The Morgan fingerprint density at radius 3 is 2.50 bits per heavy atom. The van der Waals surface area contributed by atoms with E-state index in [0.29, 0.717) is 6.42 Å². The summed E-state index contributed by atoms with van der Waals surface area (Å²) in [7, 11) is 0. The van der Waals surface area contributed by atoms with Gasteiger partial charge >= 0.3 is 0 Å². The summed E-state index contributed by atoms with van der Waals surface area (Å²) in [5.41, 5.74) is 0. The molecule has 0 aliphatic rings. The fraction of sp³-hybridized carbons (Fsp3) is 0.917. The summed E-state index contributed by atoms with van der Waals surface area (Å²) in [6.07, 6.45) is 6.52. The second-order valence-corrected chi connectivity index (χ2v) is 4.34. The Morgan fingerprint density at radius 1 is 1.21 bits per heavy atom. The molecule has 84 valence electrons. The van der Waals surface area contributed by atoms with E-state index in [0.717, 1.165) is 25.3 Å². The molecular formula is C12H25NO. The SMILES string of the molecule is CCCNC(=O)CCCCCC(C)C. The molecular weight excluding hydrogens is 174 g/mol. The van der Waals surface area contributed by atoms with Gasteiger partial charge in [-0.2, -0.15) is 0 Å². The van der Waals surface area contributed by atoms with Crippen molar-refractivity contribution in [3.8, 4) is 0 Å². The summed E-state index contributed by atoms with van der Waals surface area (Å²) in [6.45, 7) is 7.38. The molecule has 0 radical (unpaired) electrons. The van der Waals surface area contributed by atoms with Crippen LogP contribution in [0.4, 0.5) is 0 Å². The quantitative estimate of drug-likeness (QED) is 0.598. The van der Waals surface area contributed by atoms with Crippen LogP contribution in [0.1, 0.15) is 59.3 Å². The minimum absolute atomic E-state index is 0.219. The number of carbonyl (C=O) groups is 1. The molecule has 0 atom stereocenters. The molecule has 0 aromatic heterocycles. The third-order valence-electron chi connectivity index (χ3n) is 2.26. The maximum absolute atomic E-state index is 11.2. The van der Waals surface area contributed by atoms with E-state index in [1.165, 1.54) is 19.3 Å². The van der Waals surface area contributed by atoms with Gasteiger partial charge in [0.1, 0.15) is 0 Å². The van der Waals surface area contributed by atoms with Crippen LogP contribution < -0.4 is 5.32 Å². The Hall–Kier alpha value is -0.530. The summed E-state index contributed by atoms with van der Waals surface area (Å²) in [4.78, 5) is 11.2. The lowest BCUT2D eigenvalue weighted by Gasteiger charge is -2.05. The largest absolute Gasteiger partial charge is 0.356 e. The lowest BCUT2D eigenvalue weighted by Crippen LogP contribution is -2.23. The van der Waals surface area contributed by atoms with Crippen molar-refractivity contribution in [3.63, 3.8) is 0 Å². The maximum Gasteiger partial charge on any atom is 0.219 e. The summed E-state index contributed by atoms with van der Waals surface area (Å²) >= 11 is 0. The molecule has 0 heterocycles. The van der Waals surface area contributed by atoms with Crippen LogP contribution in [0.5, 0.6) is 0 Å². The number of amides is 1. The Balaban J connectivity index is 3.15. The fourth-order valence-electron chi connectivity index (χ4n) is 1.37. The Bertz CT molecular complexity index is 143. The van der Waals surface area contributed by atoms with Crippen molar-refractivity contribution in [2.24, 2.45) is 5.92 Å². The maximum atomic E-state index is 11.2. The number of rotatable bonds is 8. The van der Waals surface area contributed by atoms with Crippen LogP contribution in [0.25, 0.3) is 0 Å². The highest BCUT2D eigenvalue weighted by Gasteiger charge is 1.99. The summed E-state index contributed by atoms with van der Waals surface area (Å²) in [5.74, 6) is 1.01. The zero-order valence-corrected chi connectivity index (χ0v) is 9.94. The highest BCUT2D eigenvalue weighted by molar-refractivity contribution is 5.75. The highest BCUT2D eigenvalue weighted by atomic mass is 16.1. The van der Waals surface area contributed by atoms with Crippen molar-refractivity contribution < 1.29 is 4.79 Å². The molecule has 2 nitrogen and oxygen atoms in total. The Labute approximate surface area is 88.5 Å². The standard InChI is InChI=1S/C12H25NO/c1-4-10-13-12(14)9-7-5-6-8-11(2)3/h11H,4-10H2,1-3H3,(H,13,14). The minimum atomic E-state index is 0.219. The number of unbranched alkanes of at least 4 members (excludes halogenated alkanes) is 2. The molecule has 1 N–H and O–H groups in total. The van der Waals surface area contributed by atoms with Gasteiger partial charge in [0.15, 0.2) is 0 Å². The van der Waals surface area contributed by atoms with Crippen molar-refractivity contribution in [2.75, 3.05) is 6.54 Å². The van der Waals surface area contributed by atoms with E-state index in [-0.39, 0.29) is 5.91 Å². The van der Waals surface area contributed by atoms with Gasteiger partial charge < -0.3 is 5.32 Å². The predicted octanol–water partition coefficient (Wildman–Crippen LogP) is 3.12. The third-order valence-corrected chi connectivity index (χ3v) is 2.26. The van der Waals surface area contributed by atoms with Gasteiger partial charge in [-0.3, -0.25) is 4.79 Å². The summed E-state index contributed by atoms with van der Waals surface area (Å²) < 4.78 is 0. The van der Waals surface area contributed by atoms with Gasteiger partial charge in [-0.05, 0) is 18.8 Å². The normalized spacial score (nSPS) is 10.6. The van der Waals surface area contributed by atoms with Gasteiger partial charge in [0.05, 0.1) is 0 Å². The van der Waals surface area contributed by atoms with E-state index in [2.05, 4.69) is 26.1 Å². The monoisotopic (exact) mass is 199 g/mol. The first-order valence-electron chi connectivity index (χ1n) is 5.93. The molecule has 0 saturated heterocycles. The topological polar surface area (TPSA) is 29.1 Å². The zero-order valence-electron chi connectivity index (χ0n) is 9.94. The molecule has 0 aromatic rings. The minimum Gasteiger partial charge on any atom is -0.356 e. The van der Waals surface area contributed by atoms with Crippen LogP contribution in [0, 0.1) is 5.92 Å². The Kier molecular flexibility index (Phi) is 8.70. The van der Waals surface area contributed by atoms with Gasteiger partial charge in [-0.25, -0.2) is 0 Å². The van der Waals surface area contributed by atoms with Gasteiger partial charge in [0.2, 0.25) is 5.91 Å². The second kappa shape index (κ2) is 9.04. The molecule has 0 aromatic carbocycles. The van der Waals surface area contributed by atoms with Gasteiger partial charge in [0, 0.05) is 13.0 Å². The number of hydrogen-bond acceptors (Lipinski definition) is 1. The summed E-state index contributed by atoms with van der Waals surface area (Å²) in [5, 5.41) is 2.89. The molecule has 1 amide bonds. The predicted molar refractivity (Wildman–Crippen MR) is 61.2 cm³/mol. The molecule has 0 aliphatic heterocycles. The van der Waals surface area contributed by atoms with Crippen LogP contribution in [-0.2, 0) is 4.79 Å². The lowest BCUT2D eigenvalue weighted by atomic mass is 10.0. The van der Waals surface area contributed by atoms with Gasteiger partial charge in [-0.1, -0.05) is 40.0 Å². The molecule has 0 fully saturated rings. The molecule has 2 heteroatoms. The van der Waals surface area contributed by atoms with Gasteiger partial charge in [-0.15, -0.1) is 0 Å². The first-order valence-corrected chi connectivity index (χ1v) is 5.93. The van der Waals surface area contributed by atoms with Crippen LogP contribution in [0.15, 0.2) is 0 Å². The average molecular weight is 199 g/mol. The third kappa shape index (κ3) is 9.56. The van der Waals surface area contributed by atoms with Crippen LogP contribution in [-0.4, -0.2) is 12.5 Å². The first kappa shape index (κ1) is 13.5. The van der Waals surface area contributed by atoms with Crippen molar-refractivity contribution in [2.45, 2.75) is 59.3 Å². The first-order chi connectivity index (χ1) is 6.66. The van der Waals surface area contributed by atoms with Crippen LogP contribution >= 0.6 is 0 Å². The van der Waals surface area contributed by atoms with E-state index < -0.39 is 0 Å². The Morgan fingerprint density at radius 2 is 1.93 bits per heavy atom. The number of carbonyl (C=O) groups excluding carboxylic acids is 1. The highest BCUT2D eigenvalue weighted by Crippen LogP contribution is 2.09. The van der Waals surface area contributed by atoms with Crippen LogP contribution in [0.2, 0.25) is 0 Å². The zero-order chi connectivity index (χ0) is 10.8. The van der Waals surface area contributed by atoms with E-state index in [1.807, 2.05) is 0 Å². The van der Waals surface area contributed by atoms with Crippen molar-refractivity contribution >= 4 is 5.91 Å². The van der Waals surface area contributed by atoms with E-state index >= 15 is 0 Å². The molecule has 0 rings (SSSR count). The molecule has 0 aliphatic carbocycles. The molecule has 14 heavy (non-hydrogen) atoms. The van der Waals surface area contributed by atoms with E-state index in [4.69, 9.17) is 0 Å². The van der Waals surface area contributed by atoms with Crippen molar-refractivity contribution in [1.82, 2.24) is 5.32 Å². The molecule has 0 bridgehead atoms. The lowest BCUT2D eigenvalue weighted by molar-refractivity contribution is -0.121. The van der Waals surface area contributed by atoms with Gasteiger partial charge in [0.25, 0.3) is 0 Å². The van der Waals surface area contributed by atoms with Crippen LogP contribution in [0.3, 0.4) is 0 Å². The van der Waals surface area contributed by atoms with Crippen molar-refractivity contribution in [3.05, 3.63) is 0 Å². The number of hydrogen-bond donors (Lipinski definition) is 1.